The lowest BCUT2D eigenvalue weighted by Gasteiger charge is -2.02. The summed E-state index contributed by atoms with van der Waals surface area (Å²) in [7, 11) is 0. The van der Waals surface area contributed by atoms with Gasteiger partial charge in [-0.05, 0) is 6.08 Å². The van der Waals surface area contributed by atoms with Crippen molar-refractivity contribution in [1.82, 2.24) is 30.8 Å². The normalized spacial score (nSPS) is 11.5. The van der Waals surface area contributed by atoms with Crippen molar-refractivity contribution in [1.29, 1.82) is 0 Å². The van der Waals surface area contributed by atoms with Crippen LogP contribution in [0.2, 0.25) is 0 Å². The number of carbonyl (C=O) groups is 1. The number of carbonyl (C=O) groups excluding carboxylic acids is 1. The number of aromatic nitrogens is 6. The molecule has 0 aliphatic heterocycles. The second kappa shape index (κ2) is 5.27. The van der Waals surface area contributed by atoms with Gasteiger partial charge in [0.05, 0.1) is 18.0 Å². The summed E-state index contributed by atoms with van der Waals surface area (Å²) in [5.74, 6) is -0.150. The molecule has 0 fully saturated rings. The Labute approximate surface area is 113 Å². The van der Waals surface area contributed by atoms with Gasteiger partial charge < -0.3 is 0 Å². The molecule has 7 heteroatoms. The molecule has 98 valence electrons. The highest BCUT2D eigenvalue weighted by atomic mass is 16.1. The van der Waals surface area contributed by atoms with E-state index in [4.69, 9.17) is 0 Å². The average molecular weight is 266 g/mol. The van der Waals surface area contributed by atoms with E-state index < -0.39 is 0 Å². The minimum atomic E-state index is -0.150. The molecule has 0 saturated carbocycles. The van der Waals surface area contributed by atoms with Crippen molar-refractivity contribution in [2.75, 3.05) is 0 Å². The second-order valence-electron chi connectivity index (χ2n) is 4.00. The van der Waals surface area contributed by atoms with Crippen molar-refractivity contribution in [3.63, 3.8) is 0 Å². The molecule has 3 aromatic rings. The van der Waals surface area contributed by atoms with Gasteiger partial charge in [-0.3, -0.25) is 4.79 Å². The molecule has 3 rings (SSSR count). The molecule has 0 saturated heterocycles. The van der Waals surface area contributed by atoms with Crippen molar-refractivity contribution in [3.05, 3.63) is 59.7 Å². The van der Waals surface area contributed by atoms with Crippen LogP contribution in [0, 0.1) is 0 Å². The Morgan fingerprint density at radius 2 is 1.75 bits per heavy atom. The van der Waals surface area contributed by atoms with E-state index in [1.165, 1.54) is 12.4 Å². The first-order valence-corrected chi connectivity index (χ1v) is 5.88. The van der Waals surface area contributed by atoms with Crippen molar-refractivity contribution in [2.45, 2.75) is 0 Å². The maximum atomic E-state index is 12.6. The summed E-state index contributed by atoms with van der Waals surface area (Å²) in [5, 5.41) is 20.3. The number of nitrogens with zero attached hydrogens (tertiary/aromatic N) is 4. The third-order valence-corrected chi connectivity index (χ3v) is 2.70. The fraction of sp³-hybridized carbons (Fsp3) is 0. The number of nitrogens with one attached hydrogen (secondary N) is 2. The number of Topliss-reactive ketones (excluding diaryl/α,β-unsaturated/α-hetero) is 1. The molecule has 0 aliphatic rings. The largest absolute Gasteiger partial charge is 0.289 e. The fourth-order valence-electron chi connectivity index (χ4n) is 1.76. The van der Waals surface area contributed by atoms with E-state index in [9.17, 15) is 4.79 Å². The monoisotopic (exact) mass is 266 g/mol. The Morgan fingerprint density at radius 3 is 2.40 bits per heavy atom. The van der Waals surface area contributed by atoms with E-state index in [0.717, 1.165) is 0 Å². The Kier molecular flexibility index (Phi) is 3.15. The van der Waals surface area contributed by atoms with Gasteiger partial charge in [0.1, 0.15) is 11.4 Å². The lowest BCUT2D eigenvalue weighted by molar-refractivity contribution is 0.105. The molecule has 0 unspecified atom stereocenters. The summed E-state index contributed by atoms with van der Waals surface area (Å²) >= 11 is 0. The number of hydrogen-bond acceptors (Lipinski definition) is 5. The predicted molar refractivity (Wildman–Crippen MR) is 71.4 cm³/mol. The first-order chi connectivity index (χ1) is 9.84. The van der Waals surface area contributed by atoms with E-state index in [2.05, 4.69) is 30.8 Å². The number of aromatic amines is 2. The fourth-order valence-corrected chi connectivity index (χ4v) is 1.76. The van der Waals surface area contributed by atoms with Crippen LogP contribution in [0.5, 0.6) is 0 Å². The smallest absolute Gasteiger partial charge is 0.195 e. The Bertz CT molecular complexity index is 716. The van der Waals surface area contributed by atoms with Gasteiger partial charge in [0.25, 0.3) is 0 Å². The molecular formula is C13H10N6O. The van der Waals surface area contributed by atoms with Crippen LogP contribution in [0.3, 0.4) is 0 Å². The first-order valence-electron chi connectivity index (χ1n) is 5.88. The van der Waals surface area contributed by atoms with Crippen molar-refractivity contribution < 1.29 is 4.79 Å². The van der Waals surface area contributed by atoms with Gasteiger partial charge in [-0.25, -0.2) is 0 Å². The maximum absolute atomic E-state index is 12.6. The van der Waals surface area contributed by atoms with Crippen molar-refractivity contribution in [3.8, 4) is 0 Å². The standard InChI is InChI=1S/C13H10N6O/c20-13(9-4-2-1-3-5-9)11(12-8-15-19-17-12)6-10-7-14-18-16-10/h1-8H,(H,14,16,18)(H,15,17,19)/b11-6-. The topological polar surface area (TPSA) is 100 Å². The molecule has 0 spiro atoms. The summed E-state index contributed by atoms with van der Waals surface area (Å²) in [4.78, 5) is 12.6. The summed E-state index contributed by atoms with van der Waals surface area (Å²) in [6, 6.07) is 8.97. The van der Waals surface area contributed by atoms with E-state index in [0.29, 0.717) is 22.5 Å². The van der Waals surface area contributed by atoms with E-state index in [1.54, 1.807) is 18.2 Å². The number of ketones is 1. The van der Waals surface area contributed by atoms with Gasteiger partial charge in [-0.1, -0.05) is 30.3 Å². The van der Waals surface area contributed by atoms with Crippen LogP contribution in [0.1, 0.15) is 21.7 Å². The SMILES string of the molecule is O=C(/C(=C\c1cn[nH]n1)c1cn[nH]n1)c1ccccc1. The van der Waals surface area contributed by atoms with Crippen LogP contribution in [0.15, 0.2) is 42.7 Å². The minimum Gasteiger partial charge on any atom is -0.289 e. The Balaban J connectivity index is 2.05. The number of allylic oxidation sites excluding steroid dienone is 1. The van der Waals surface area contributed by atoms with Gasteiger partial charge in [0.15, 0.2) is 5.78 Å². The molecule has 0 radical (unpaired) electrons. The number of hydrogen-bond donors (Lipinski definition) is 2. The predicted octanol–water partition coefficient (Wildman–Crippen LogP) is 1.35. The number of benzene rings is 1. The quantitative estimate of drug-likeness (QED) is 0.548. The molecule has 7 nitrogen and oxygen atoms in total. The summed E-state index contributed by atoms with van der Waals surface area (Å²) < 4.78 is 0. The van der Waals surface area contributed by atoms with Crippen LogP contribution in [-0.2, 0) is 0 Å². The molecule has 0 atom stereocenters. The Hall–Kier alpha value is -3.09. The molecule has 0 amide bonds. The van der Waals surface area contributed by atoms with Gasteiger partial charge in [0, 0.05) is 5.56 Å². The van der Waals surface area contributed by atoms with Crippen molar-refractivity contribution in [2.24, 2.45) is 0 Å². The molecule has 20 heavy (non-hydrogen) atoms. The number of H-pyrrole nitrogens is 2. The maximum Gasteiger partial charge on any atom is 0.195 e. The minimum absolute atomic E-state index is 0.150. The highest BCUT2D eigenvalue weighted by Crippen LogP contribution is 2.19. The average Bonchev–Trinajstić information content (AvgIpc) is 3.18. The lowest BCUT2D eigenvalue weighted by Crippen LogP contribution is -2.03. The summed E-state index contributed by atoms with van der Waals surface area (Å²) in [6.45, 7) is 0. The number of rotatable bonds is 4. The van der Waals surface area contributed by atoms with Gasteiger partial charge in [-0.2, -0.15) is 30.8 Å². The third-order valence-electron chi connectivity index (χ3n) is 2.70. The van der Waals surface area contributed by atoms with E-state index in [-0.39, 0.29) is 5.78 Å². The molecule has 0 bridgehead atoms. The third kappa shape index (κ3) is 2.37. The van der Waals surface area contributed by atoms with Crippen LogP contribution in [0.25, 0.3) is 11.6 Å². The molecular weight excluding hydrogens is 256 g/mol. The summed E-state index contributed by atoms with van der Waals surface area (Å²) in [6.07, 6.45) is 4.64. The molecule has 0 aliphatic carbocycles. The highest BCUT2D eigenvalue weighted by Gasteiger charge is 2.17. The highest BCUT2D eigenvalue weighted by molar-refractivity contribution is 6.31. The van der Waals surface area contributed by atoms with Crippen LogP contribution in [0.4, 0.5) is 0 Å². The van der Waals surface area contributed by atoms with E-state index in [1.807, 2.05) is 18.2 Å². The van der Waals surface area contributed by atoms with Crippen molar-refractivity contribution >= 4 is 17.4 Å². The first kappa shape index (κ1) is 12.0. The zero-order valence-electron chi connectivity index (χ0n) is 10.3. The molecule has 1 aromatic carbocycles. The molecule has 2 N–H and O–H groups in total. The zero-order valence-corrected chi connectivity index (χ0v) is 10.3. The molecule has 2 aromatic heterocycles. The van der Waals surface area contributed by atoms with Crippen LogP contribution >= 0.6 is 0 Å². The van der Waals surface area contributed by atoms with Gasteiger partial charge >= 0.3 is 0 Å². The Morgan fingerprint density at radius 1 is 1.00 bits per heavy atom. The van der Waals surface area contributed by atoms with Crippen LogP contribution in [-0.4, -0.2) is 36.6 Å². The lowest BCUT2D eigenvalue weighted by atomic mass is 10.0. The zero-order chi connectivity index (χ0) is 13.8. The van der Waals surface area contributed by atoms with Gasteiger partial charge in [0.2, 0.25) is 0 Å². The van der Waals surface area contributed by atoms with E-state index >= 15 is 0 Å². The summed E-state index contributed by atoms with van der Waals surface area (Å²) in [5.41, 5.74) is 1.98. The second-order valence-corrected chi connectivity index (χ2v) is 4.00. The van der Waals surface area contributed by atoms with Crippen LogP contribution < -0.4 is 0 Å². The van der Waals surface area contributed by atoms with Gasteiger partial charge in [-0.15, -0.1) is 0 Å². The molecule has 2 heterocycles.